The molecule has 2 aromatic heterocycles. The van der Waals surface area contributed by atoms with Crippen molar-refractivity contribution in [3.63, 3.8) is 0 Å². The number of nitrogens with zero attached hydrogens (tertiary/aromatic N) is 3. The first-order chi connectivity index (χ1) is 10.2. The molecule has 0 atom stereocenters. The summed E-state index contributed by atoms with van der Waals surface area (Å²) in [5, 5.41) is 0. The van der Waals surface area contributed by atoms with E-state index in [1.165, 1.54) is 7.11 Å². The average Bonchev–Trinajstić information content (AvgIpc) is 2.83. The van der Waals surface area contributed by atoms with Gasteiger partial charge in [-0.2, -0.15) is 0 Å². The van der Waals surface area contributed by atoms with Crippen LogP contribution in [0.4, 0.5) is 0 Å². The van der Waals surface area contributed by atoms with Crippen molar-refractivity contribution in [2.75, 3.05) is 7.11 Å². The quantitative estimate of drug-likeness (QED) is 0.692. The smallest absolute Gasteiger partial charge is 0.356 e. The molecule has 1 aromatic carbocycles. The molecule has 0 saturated carbocycles. The standard InChI is InChI=1S/C16H15N3O2/c1-11-17-13-8-9-14(16(20)21-2)18-15(13)19(11)10-12-6-4-3-5-7-12/h3-9H,10H2,1-2H3. The number of benzene rings is 1. The molecule has 106 valence electrons. The SMILES string of the molecule is COC(=O)c1ccc2nc(C)n(Cc3ccccc3)c2n1. The molecule has 3 rings (SSSR count). The molecule has 0 amide bonds. The molecule has 0 N–H and O–H groups in total. The van der Waals surface area contributed by atoms with Crippen LogP contribution >= 0.6 is 0 Å². The number of carbonyl (C=O) groups excluding carboxylic acids is 1. The molecular weight excluding hydrogens is 266 g/mol. The van der Waals surface area contributed by atoms with Crippen LogP contribution in [-0.4, -0.2) is 27.6 Å². The summed E-state index contributed by atoms with van der Waals surface area (Å²) in [4.78, 5) is 20.5. The number of methoxy groups -OCH3 is 1. The molecule has 0 aliphatic rings. The van der Waals surface area contributed by atoms with Gasteiger partial charge in [-0.3, -0.25) is 0 Å². The molecule has 0 bridgehead atoms. The van der Waals surface area contributed by atoms with Gasteiger partial charge in [0.25, 0.3) is 0 Å². The molecule has 3 aromatic rings. The summed E-state index contributed by atoms with van der Waals surface area (Å²) in [5.41, 5.74) is 2.92. The van der Waals surface area contributed by atoms with E-state index in [1.807, 2.05) is 29.7 Å². The molecular formula is C16H15N3O2. The van der Waals surface area contributed by atoms with Gasteiger partial charge in [-0.15, -0.1) is 0 Å². The zero-order chi connectivity index (χ0) is 14.8. The predicted molar refractivity (Wildman–Crippen MR) is 79.1 cm³/mol. The van der Waals surface area contributed by atoms with E-state index in [-0.39, 0.29) is 0 Å². The minimum atomic E-state index is -0.443. The highest BCUT2D eigenvalue weighted by Gasteiger charge is 2.13. The Bertz CT molecular complexity index is 794. The van der Waals surface area contributed by atoms with Crippen molar-refractivity contribution in [3.05, 3.63) is 59.5 Å². The van der Waals surface area contributed by atoms with Crippen molar-refractivity contribution >= 4 is 17.1 Å². The van der Waals surface area contributed by atoms with Gasteiger partial charge in [-0.25, -0.2) is 14.8 Å². The van der Waals surface area contributed by atoms with Crippen LogP contribution in [0.15, 0.2) is 42.5 Å². The van der Waals surface area contributed by atoms with E-state index in [2.05, 4.69) is 22.1 Å². The Morgan fingerprint density at radius 3 is 2.62 bits per heavy atom. The fourth-order valence-electron chi connectivity index (χ4n) is 2.29. The topological polar surface area (TPSA) is 57.0 Å². The molecule has 0 fully saturated rings. The molecule has 0 unspecified atom stereocenters. The summed E-state index contributed by atoms with van der Waals surface area (Å²) in [7, 11) is 1.35. The Morgan fingerprint density at radius 2 is 1.90 bits per heavy atom. The van der Waals surface area contributed by atoms with Crippen LogP contribution in [0.2, 0.25) is 0 Å². The number of ether oxygens (including phenoxy) is 1. The number of hydrogen-bond acceptors (Lipinski definition) is 4. The number of aryl methyl sites for hydroxylation is 1. The van der Waals surface area contributed by atoms with Gasteiger partial charge in [0.1, 0.15) is 11.3 Å². The van der Waals surface area contributed by atoms with E-state index in [0.29, 0.717) is 17.9 Å². The lowest BCUT2D eigenvalue weighted by Crippen LogP contribution is -2.07. The minimum Gasteiger partial charge on any atom is -0.464 e. The van der Waals surface area contributed by atoms with E-state index in [9.17, 15) is 4.79 Å². The first-order valence-corrected chi connectivity index (χ1v) is 6.65. The number of rotatable bonds is 3. The third kappa shape index (κ3) is 2.50. The first kappa shape index (κ1) is 13.3. The van der Waals surface area contributed by atoms with Gasteiger partial charge in [0.05, 0.1) is 13.7 Å². The second-order valence-electron chi connectivity index (χ2n) is 4.76. The third-order valence-corrected chi connectivity index (χ3v) is 3.36. The fraction of sp³-hybridized carbons (Fsp3) is 0.188. The molecule has 0 radical (unpaired) electrons. The number of hydrogen-bond donors (Lipinski definition) is 0. The highest BCUT2D eigenvalue weighted by atomic mass is 16.5. The maximum Gasteiger partial charge on any atom is 0.356 e. The maximum absolute atomic E-state index is 11.6. The van der Waals surface area contributed by atoms with Crippen LogP contribution in [0.25, 0.3) is 11.2 Å². The number of pyridine rings is 1. The number of esters is 1. The van der Waals surface area contributed by atoms with E-state index in [4.69, 9.17) is 4.74 Å². The van der Waals surface area contributed by atoms with Crippen LogP contribution in [-0.2, 0) is 11.3 Å². The highest BCUT2D eigenvalue weighted by Crippen LogP contribution is 2.17. The lowest BCUT2D eigenvalue weighted by molar-refractivity contribution is 0.0594. The van der Waals surface area contributed by atoms with Crippen molar-refractivity contribution in [2.45, 2.75) is 13.5 Å². The largest absolute Gasteiger partial charge is 0.464 e. The molecule has 5 nitrogen and oxygen atoms in total. The second-order valence-corrected chi connectivity index (χ2v) is 4.76. The van der Waals surface area contributed by atoms with E-state index >= 15 is 0 Å². The van der Waals surface area contributed by atoms with Crippen molar-refractivity contribution in [1.82, 2.24) is 14.5 Å². The summed E-state index contributed by atoms with van der Waals surface area (Å²) >= 11 is 0. The molecule has 5 heteroatoms. The minimum absolute atomic E-state index is 0.291. The Balaban J connectivity index is 2.08. The normalized spacial score (nSPS) is 10.8. The zero-order valence-corrected chi connectivity index (χ0v) is 11.9. The highest BCUT2D eigenvalue weighted by molar-refractivity contribution is 5.89. The molecule has 21 heavy (non-hydrogen) atoms. The summed E-state index contributed by atoms with van der Waals surface area (Å²) in [6, 6.07) is 13.5. The number of carbonyl (C=O) groups is 1. The van der Waals surface area contributed by atoms with Crippen LogP contribution in [0, 0.1) is 6.92 Å². The van der Waals surface area contributed by atoms with E-state index in [1.54, 1.807) is 12.1 Å². The fourth-order valence-corrected chi connectivity index (χ4v) is 2.29. The Labute approximate surface area is 122 Å². The predicted octanol–water partition coefficient (Wildman–Crippen LogP) is 2.57. The Kier molecular flexibility index (Phi) is 3.39. The van der Waals surface area contributed by atoms with E-state index < -0.39 is 5.97 Å². The van der Waals surface area contributed by atoms with Crippen molar-refractivity contribution < 1.29 is 9.53 Å². The van der Waals surface area contributed by atoms with Gasteiger partial charge in [-0.1, -0.05) is 30.3 Å². The van der Waals surface area contributed by atoms with Crippen LogP contribution < -0.4 is 0 Å². The second kappa shape index (κ2) is 5.36. The lowest BCUT2D eigenvalue weighted by atomic mass is 10.2. The zero-order valence-electron chi connectivity index (χ0n) is 11.9. The average molecular weight is 281 g/mol. The summed E-state index contributed by atoms with van der Waals surface area (Å²) < 4.78 is 6.72. The van der Waals surface area contributed by atoms with Crippen LogP contribution in [0.3, 0.4) is 0 Å². The van der Waals surface area contributed by atoms with Gasteiger partial charge in [0, 0.05) is 0 Å². The van der Waals surface area contributed by atoms with Crippen molar-refractivity contribution in [3.8, 4) is 0 Å². The first-order valence-electron chi connectivity index (χ1n) is 6.65. The molecule has 0 spiro atoms. The molecule has 0 aliphatic carbocycles. The molecule has 0 aliphatic heterocycles. The van der Waals surface area contributed by atoms with Gasteiger partial charge < -0.3 is 9.30 Å². The Hall–Kier alpha value is -2.69. The summed E-state index contributed by atoms with van der Waals surface area (Å²) in [6.07, 6.45) is 0. The maximum atomic E-state index is 11.6. The molecule has 0 saturated heterocycles. The van der Waals surface area contributed by atoms with Crippen LogP contribution in [0.5, 0.6) is 0 Å². The summed E-state index contributed by atoms with van der Waals surface area (Å²) in [6.45, 7) is 2.60. The lowest BCUT2D eigenvalue weighted by Gasteiger charge is -2.07. The van der Waals surface area contributed by atoms with E-state index in [0.717, 1.165) is 16.9 Å². The number of imidazole rings is 1. The van der Waals surface area contributed by atoms with Gasteiger partial charge in [0.2, 0.25) is 0 Å². The third-order valence-electron chi connectivity index (χ3n) is 3.36. The number of fused-ring (bicyclic) bond motifs is 1. The molecule has 2 heterocycles. The van der Waals surface area contributed by atoms with Gasteiger partial charge >= 0.3 is 5.97 Å². The summed E-state index contributed by atoms with van der Waals surface area (Å²) in [5.74, 6) is 0.422. The van der Waals surface area contributed by atoms with Gasteiger partial charge in [-0.05, 0) is 24.6 Å². The Morgan fingerprint density at radius 1 is 1.14 bits per heavy atom. The number of aromatic nitrogens is 3. The van der Waals surface area contributed by atoms with Gasteiger partial charge in [0.15, 0.2) is 11.3 Å². The van der Waals surface area contributed by atoms with Crippen LogP contribution in [0.1, 0.15) is 21.9 Å². The van der Waals surface area contributed by atoms with Crippen molar-refractivity contribution in [2.24, 2.45) is 0 Å². The monoisotopic (exact) mass is 281 g/mol. The van der Waals surface area contributed by atoms with Crippen molar-refractivity contribution in [1.29, 1.82) is 0 Å².